The van der Waals surface area contributed by atoms with Crippen LogP contribution in [0.4, 0.5) is 13.2 Å². The second-order valence-corrected chi connectivity index (χ2v) is 4.82. The summed E-state index contributed by atoms with van der Waals surface area (Å²) in [6, 6.07) is 0.315. The summed E-state index contributed by atoms with van der Waals surface area (Å²) in [6.45, 7) is 6.75. The van der Waals surface area contributed by atoms with E-state index in [1.54, 1.807) is 0 Å². The highest BCUT2D eigenvalue weighted by Gasteiger charge is 2.29. The first kappa shape index (κ1) is 13.8. The number of nitrogens with one attached hydrogen (secondary N) is 1. The highest BCUT2D eigenvalue weighted by molar-refractivity contribution is 4.79. The highest BCUT2D eigenvalue weighted by Crippen LogP contribution is 2.20. The van der Waals surface area contributed by atoms with Crippen LogP contribution in [0.5, 0.6) is 0 Å². The average Bonchev–Trinajstić information content (AvgIpc) is 2.38. The van der Waals surface area contributed by atoms with Crippen molar-refractivity contribution >= 4 is 0 Å². The van der Waals surface area contributed by atoms with E-state index >= 15 is 0 Å². The van der Waals surface area contributed by atoms with Gasteiger partial charge in [-0.25, -0.2) is 0 Å². The van der Waals surface area contributed by atoms with Crippen LogP contribution in [0.25, 0.3) is 0 Å². The van der Waals surface area contributed by atoms with Crippen LogP contribution < -0.4 is 5.32 Å². The third kappa shape index (κ3) is 5.16. The van der Waals surface area contributed by atoms with Gasteiger partial charge in [0.05, 0.1) is 6.42 Å². The van der Waals surface area contributed by atoms with Crippen molar-refractivity contribution in [3.63, 3.8) is 0 Å². The fraction of sp³-hybridized carbons (Fsp3) is 1.00. The Balaban J connectivity index is 2.40. The normalized spacial score (nSPS) is 24.8. The van der Waals surface area contributed by atoms with E-state index in [0.717, 1.165) is 26.1 Å². The van der Waals surface area contributed by atoms with Gasteiger partial charge < -0.3 is 10.2 Å². The number of hydrogen-bond donors (Lipinski definition) is 1. The maximum Gasteiger partial charge on any atom is 0.390 e. The van der Waals surface area contributed by atoms with E-state index in [0.29, 0.717) is 12.0 Å². The average molecular weight is 238 g/mol. The Morgan fingerprint density at radius 1 is 1.38 bits per heavy atom. The summed E-state index contributed by atoms with van der Waals surface area (Å²) in [7, 11) is 0. The van der Waals surface area contributed by atoms with Gasteiger partial charge >= 0.3 is 6.18 Å². The fourth-order valence-electron chi connectivity index (χ4n) is 1.96. The van der Waals surface area contributed by atoms with Crippen LogP contribution in [0.3, 0.4) is 0 Å². The predicted molar refractivity (Wildman–Crippen MR) is 58.4 cm³/mol. The van der Waals surface area contributed by atoms with Crippen LogP contribution in [-0.4, -0.2) is 43.3 Å². The number of rotatable bonds is 3. The van der Waals surface area contributed by atoms with Gasteiger partial charge in [0.15, 0.2) is 0 Å². The molecule has 0 amide bonds. The monoisotopic (exact) mass is 238 g/mol. The summed E-state index contributed by atoms with van der Waals surface area (Å²) < 4.78 is 36.4. The Morgan fingerprint density at radius 2 is 2.06 bits per heavy atom. The largest absolute Gasteiger partial charge is 0.390 e. The first-order valence-corrected chi connectivity index (χ1v) is 5.91. The van der Waals surface area contributed by atoms with E-state index in [1.807, 2.05) is 4.90 Å². The standard InChI is InChI=1S/C11H21F3N2/c1-9(2)10-8-16(6-3-5-15-10)7-4-11(12,13)14/h9-10,15H,3-8H2,1-2H3. The molecule has 96 valence electrons. The van der Waals surface area contributed by atoms with Gasteiger partial charge in [-0.3, -0.25) is 0 Å². The minimum Gasteiger partial charge on any atom is -0.312 e. The zero-order chi connectivity index (χ0) is 12.2. The van der Waals surface area contributed by atoms with E-state index in [9.17, 15) is 13.2 Å². The van der Waals surface area contributed by atoms with Gasteiger partial charge in [-0.15, -0.1) is 0 Å². The van der Waals surface area contributed by atoms with Gasteiger partial charge in [-0.05, 0) is 25.4 Å². The first-order chi connectivity index (χ1) is 7.38. The summed E-state index contributed by atoms with van der Waals surface area (Å²) in [5.74, 6) is 0.464. The fourth-order valence-corrected chi connectivity index (χ4v) is 1.96. The SMILES string of the molecule is CC(C)C1CN(CCC(F)(F)F)CCCN1. The van der Waals surface area contributed by atoms with Crippen LogP contribution in [0.15, 0.2) is 0 Å². The topological polar surface area (TPSA) is 15.3 Å². The molecule has 0 bridgehead atoms. The molecule has 1 unspecified atom stereocenters. The van der Waals surface area contributed by atoms with Gasteiger partial charge in [0.1, 0.15) is 0 Å². The van der Waals surface area contributed by atoms with Crippen molar-refractivity contribution in [2.24, 2.45) is 5.92 Å². The molecule has 1 saturated heterocycles. The molecule has 0 spiro atoms. The van der Waals surface area contributed by atoms with Crippen LogP contribution in [0, 0.1) is 5.92 Å². The molecular weight excluding hydrogens is 217 g/mol. The summed E-state index contributed by atoms with van der Waals surface area (Å²) in [5, 5.41) is 3.39. The van der Waals surface area contributed by atoms with Crippen molar-refractivity contribution in [2.45, 2.75) is 38.9 Å². The zero-order valence-electron chi connectivity index (χ0n) is 9.98. The molecule has 0 aromatic carbocycles. The molecule has 1 heterocycles. The van der Waals surface area contributed by atoms with Crippen molar-refractivity contribution in [3.8, 4) is 0 Å². The number of halogens is 3. The third-order valence-electron chi connectivity index (χ3n) is 3.03. The lowest BCUT2D eigenvalue weighted by Crippen LogP contribution is -2.42. The molecule has 5 heteroatoms. The van der Waals surface area contributed by atoms with E-state index < -0.39 is 12.6 Å². The van der Waals surface area contributed by atoms with Crippen molar-refractivity contribution in [2.75, 3.05) is 26.2 Å². The Morgan fingerprint density at radius 3 is 2.62 bits per heavy atom. The molecule has 0 saturated carbocycles. The van der Waals surface area contributed by atoms with Crippen LogP contribution in [0.2, 0.25) is 0 Å². The Kier molecular flexibility index (Phi) is 5.05. The van der Waals surface area contributed by atoms with Crippen molar-refractivity contribution in [1.82, 2.24) is 10.2 Å². The summed E-state index contributed by atoms with van der Waals surface area (Å²) in [4.78, 5) is 1.93. The Hall–Kier alpha value is -0.290. The molecule has 1 aliphatic rings. The smallest absolute Gasteiger partial charge is 0.312 e. The molecule has 1 fully saturated rings. The number of alkyl halides is 3. The lowest BCUT2D eigenvalue weighted by atomic mass is 10.0. The number of hydrogen-bond acceptors (Lipinski definition) is 2. The molecule has 1 N–H and O–H groups in total. The molecular formula is C11H21F3N2. The molecule has 0 aromatic rings. The maximum absolute atomic E-state index is 12.1. The second kappa shape index (κ2) is 5.87. The van der Waals surface area contributed by atoms with Gasteiger partial charge in [0, 0.05) is 19.1 Å². The van der Waals surface area contributed by atoms with Crippen molar-refractivity contribution in [1.29, 1.82) is 0 Å². The second-order valence-electron chi connectivity index (χ2n) is 4.82. The predicted octanol–water partition coefficient (Wildman–Crippen LogP) is 2.26. The quantitative estimate of drug-likeness (QED) is 0.811. The van der Waals surface area contributed by atoms with E-state index in [4.69, 9.17) is 0 Å². The minimum atomic E-state index is -4.03. The summed E-state index contributed by atoms with van der Waals surface area (Å²) >= 11 is 0. The van der Waals surface area contributed by atoms with Gasteiger partial charge in [0.25, 0.3) is 0 Å². The molecule has 0 aromatic heterocycles. The van der Waals surface area contributed by atoms with E-state index in [1.165, 1.54) is 0 Å². The molecule has 0 aliphatic carbocycles. The van der Waals surface area contributed by atoms with Gasteiger partial charge in [0.2, 0.25) is 0 Å². The van der Waals surface area contributed by atoms with E-state index in [2.05, 4.69) is 19.2 Å². The summed E-state index contributed by atoms with van der Waals surface area (Å²) in [6.07, 6.45) is -3.80. The van der Waals surface area contributed by atoms with Gasteiger partial charge in [-0.2, -0.15) is 13.2 Å². The van der Waals surface area contributed by atoms with Crippen LogP contribution in [-0.2, 0) is 0 Å². The van der Waals surface area contributed by atoms with Crippen LogP contribution >= 0.6 is 0 Å². The molecule has 1 aliphatic heterocycles. The molecule has 0 radical (unpaired) electrons. The lowest BCUT2D eigenvalue weighted by molar-refractivity contribution is -0.138. The van der Waals surface area contributed by atoms with Crippen molar-refractivity contribution in [3.05, 3.63) is 0 Å². The Labute approximate surface area is 95.2 Å². The zero-order valence-corrected chi connectivity index (χ0v) is 9.98. The molecule has 2 nitrogen and oxygen atoms in total. The summed E-state index contributed by atoms with van der Waals surface area (Å²) in [5.41, 5.74) is 0. The number of nitrogens with zero attached hydrogens (tertiary/aromatic N) is 1. The van der Waals surface area contributed by atoms with Crippen molar-refractivity contribution < 1.29 is 13.2 Å². The first-order valence-electron chi connectivity index (χ1n) is 5.91. The molecule has 16 heavy (non-hydrogen) atoms. The van der Waals surface area contributed by atoms with Crippen LogP contribution in [0.1, 0.15) is 26.7 Å². The molecule has 1 rings (SSSR count). The highest BCUT2D eigenvalue weighted by atomic mass is 19.4. The van der Waals surface area contributed by atoms with Gasteiger partial charge in [-0.1, -0.05) is 13.8 Å². The molecule has 1 atom stereocenters. The van der Waals surface area contributed by atoms with E-state index in [-0.39, 0.29) is 6.54 Å². The maximum atomic E-state index is 12.1. The lowest BCUT2D eigenvalue weighted by Gasteiger charge is -2.26. The minimum absolute atomic E-state index is 0.133. The Bertz CT molecular complexity index is 204. The third-order valence-corrected chi connectivity index (χ3v) is 3.03.